The molecule has 1 aliphatic heterocycles. The molecule has 1 amide bonds. The first-order valence-electron chi connectivity index (χ1n) is 6.05. The van der Waals surface area contributed by atoms with Crippen molar-refractivity contribution in [3.05, 3.63) is 34.7 Å². The second-order valence-electron chi connectivity index (χ2n) is 4.48. The van der Waals surface area contributed by atoms with Crippen LogP contribution in [0.3, 0.4) is 0 Å². The summed E-state index contributed by atoms with van der Waals surface area (Å²) in [5.74, 6) is 0. The molecule has 3 nitrogen and oxygen atoms in total. The van der Waals surface area contributed by atoms with Crippen molar-refractivity contribution < 1.29 is 4.79 Å². The van der Waals surface area contributed by atoms with Gasteiger partial charge in [0.2, 0.25) is 0 Å². The first-order chi connectivity index (χ1) is 8.60. The van der Waals surface area contributed by atoms with Crippen LogP contribution in [-0.4, -0.2) is 37.3 Å². The summed E-state index contributed by atoms with van der Waals surface area (Å²) in [5.41, 5.74) is 2.33. The number of anilines is 1. The average Bonchev–Trinajstić information content (AvgIpc) is 2.70. The van der Waals surface area contributed by atoms with E-state index >= 15 is 0 Å². The van der Waals surface area contributed by atoms with Gasteiger partial charge in [-0.1, -0.05) is 12.1 Å². The molecule has 4 heteroatoms. The van der Waals surface area contributed by atoms with Crippen molar-refractivity contribution in [3.63, 3.8) is 0 Å². The molecule has 0 unspecified atom stereocenters. The van der Waals surface area contributed by atoms with Gasteiger partial charge in [-0.2, -0.15) is 0 Å². The van der Waals surface area contributed by atoms with Gasteiger partial charge in [-0.3, -0.25) is 4.79 Å². The molecule has 0 spiro atoms. The molecule has 1 aromatic carbocycles. The monoisotopic (exact) mass is 262 g/mol. The summed E-state index contributed by atoms with van der Waals surface area (Å²) in [5, 5.41) is 0.161. The lowest BCUT2D eigenvalue weighted by Gasteiger charge is -2.12. The molecule has 1 aliphatic rings. The van der Waals surface area contributed by atoms with Crippen LogP contribution in [0, 0.1) is 0 Å². The van der Waals surface area contributed by atoms with Crippen molar-refractivity contribution in [2.75, 3.05) is 32.1 Å². The van der Waals surface area contributed by atoms with E-state index in [1.54, 1.807) is 0 Å². The largest absolute Gasteiger partial charge is 0.378 e. The number of hydrogen-bond acceptors (Lipinski definition) is 3. The standard InChI is InChI=1S/C14H18N2OS/c1-4-16-10-13(18-14(16)17)9-11-5-7-12(8-6-11)15(2)3/h5-9H,4,10H2,1-3H3/b13-9+. The molecule has 0 bridgehead atoms. The molecular weight excluding hydrogens is 244 g/mol. The van der Waals surface area contributed by atoms with Gasteiger partial charge in [0.15, 0.2) is 0 Å². The molecule has 18 heavy (non-hydrogen) atoms. The zero-order chi connectivity index (χ0) is 13.1. The summed E-state index contributed by atoms with van der Waals surface area (Å²) in [6.45, 7) is 3.53. The van der Waals surface area contributed by atoms with Gasteiger partial charge < -0.3 is 9.80 Å². The molecule has 0 aromatic heterocycles. The highest BCUT2D eigenvalue weighted by Gasteiger charge is 2.23. The summed E-state index contributed by atoms with van der Waals surface area (Å²) >= 11 is 1.34. The molecule has 1 heterocycles. The van der Waals surface area contributed by atoms with Crippen LogP contribution in [0.2, 0.25) is 0 Å². The molecule has 0 N–H and O–H groups in total. The third-order valence-corrected chi connectivity index (χ3v) is 3.88. The topological polar surface area (TPSA) is 23.6 Å². The summed E-state index contributed by atoms with van der Waals surface area (Å²) in [4.78, 5) is 16.6. The number of carbonyl (C=O) groups is 1. The number of hydrogen-bond donors (Lipinski definition) is 0. The molecule has 0 radical (unpaired) electrons. The van der Waals surface area contributed by atoms with Crippen molar-refractivity contribution in [1.82, 2.24) is 4.90 Å². The van der Waals surface area contributed by atoms with Gasteiger partial charge in [-0.05, 0) is 42.5 Å². The number of benzene rings is 1. The van der Waals surface area contributed by atoms with Crippen LogP contribution in [0.5, 0.6) is 0 Å². The molecule has 2 rings (SSSR count). The molecule has 96 valence electrons. The molecule has 1 fully saturated rings. The lowest BCUT2D eigenvalue weighted by Crippen LogP contribution is -2.21. The van der Waals surface area contributed by atoms with E-state index in [9.17, 15) is 4.79 Å². The first kappa shape index (κ1) is 13.0. The third-order valence-electron chi connectivity index (χ3n) is 2.94. The lowest BCUT2D eigenvalue weighted by molar-refractivity contribution is 0.233. The van der Waals surface area contributed by atoms with Crippen molar-refractivity contribution in [2.45, 2.75) is 6.92 Å². The summed E-state index contributed by atoms with van der Waals surface area (Å²) in [7, 11) is 4.05. The van der Waals surface area contributed by atoms with Gasteiger partial charge in [0, 0.05) is 31.2 Å². The van der Waals surface area contributed by atoms with Crippen LogP contribution in [0.1, 0.15) is 12.5 Å². The Morgan fingerprint density at radius 3 is 2.50 bits per heavy atom. The Bertz CT molecular complexity index is 465. The van der Waals surface area contributed by atoms with Gasteiger partial charge >= 0.3 is 0 Å². The van der Waals surface area contributed by atoms with Crippen molar-refractivity contribution in [1.29, 1.82) is 0 Å². The summed E-state index contributed by atoms with van der Waals surface area (Å²) in [6.07, 6.45) is 2.09. The Morgan fingerprint density at radius 2 is 2.00 bits per heavy atom. The van der Waals surface area contributed by atoms with E-state index in [2.05, 4.69) is 35.2 Å². The fourth-order valence-corrected chi connectivity index (χ4v) is 2.79. The van der Waals surface area contributed by atoms with Crippen molar-refractivity contribution in [2.24, 2.45) is 0 Å². The highest BCUT2D eigenvalue weighted by molar-refractivity contribution is 8.17. The highest BCUT2D eigenvalue weighted by atomic mass is 32.2. The number of thioether (sulfide) groups is 1. The molecule has 0 atom stereocenters. The number of rotatable bonds is 3. The molecule has 1 saturated heterocycles. The zero-order valence-corrected chi connectivity index (χ0v) is 11.8. The maximum Gasteiger partial charge on any atom is 0.286 e. The molecular formula is C14H18N2OS. The number of carbonyl (C=O) groups excluding carboxylic acids is 1. The van der Waals surface area contributed by atoms with Crippen LogP contribution >= 0.6 is 11.8 Å². The van der Waals surface area contributed by atoms with E-state index in [1.165, 1.54) is 17.4 Å². The van der Waals surface area contributed by atoms with E-state index in [1.807, 2.05) is 25.9 Å². The lowest BCUT2D eigenvalue weighted by atomic mass is 10.2. The van der Waals surface area contributed by atoms with Crippen molar-refractivity contribution in [3.8, 4) is 0 Å². The Labute approximate surface area is 112 Å². The number of likely N-dealkylation sites (N-methyl/N-ethyl adjacent to an activating group) is 1. The van der Waals surface area contributed by atoms with Crippen LogP contribution in [0.25, 0.3) is 6.08 Å². The van der Waals surface area contributed by atoms with E-state index in [0.717, 1.165) is 23.6 Å². The minimum absolute atomic E-state index is 0.161. The average molecular weight is 262 g/mol. The minimum atomic E-state index is 0.161. The van der Waals surface area contributed by atoms with Crippen LogP contribution in [-0.2, 0) is 0 Å². The molecule has 0 saturated carbocycles. The number of amides is 1. The summed E-state index contributed by atoms with van der Waals surface area (Å²) in [6, 6.07) is 8.35. The molecule has 1 aromatic rings. The zero-order valence-electron chi connectivity index (χ0n) is 11.0. The maximum atomic E-state index is 11.6. The van der Waals surface area contributed by atoms with Gasteiger partial charge in [-0.25, -0.2) is 0 Å². The van der Waals surface area contributed by atoms with Crippen LogP contribution in [0.4, 0.5) is 10.5 Å². The summed E-state index contributed by atoms with van der Waals surface area (Å²) < 4.78 is 0. The quantitative estimate of drug-likeness (QED) is 0.835. The normalized spacial score (nSPS) is 17.6. The van der Waals surface area contributed by atoms with Crippen LogP contribution in [0.15, 0.2) is 29.2 Å². The minimum Gasteiger partial charge on any atom is -0.378 e. The predicted octanol–water partition coefficient (Wildman–Crippen LogP) is 3.28. The van der Waals surface area contributed by atoms with E-state index in [-0.39, 0.29) is 5.24 Å². The Morgan fingerprint density at radius 1 is 1.33 bits per heavy atom. The van der Waals surface area contributed by atoms with Gasteiger partial charge in [0.25, 0.3) is 5.24 Å². The van der Waals surface area contributed by atoms with Crippen LogP contribution < -0.4 is 4.90 Å². The Kier molecular flexibility index (Phi) is 3.97. The van der Waals surface area contributed by atoms with Gasteiger partial charge in [0.05, 0.1) is 6.54 Å². The van der Waals surface area contributed by atoms with E-state index in [4.69, 9.17) is 0 Å². The Hall–Kier alpha value is -1.42. The highest BCUT2D eigenvalue weighted by Crippen LogP contribution is 2.30. The number of nitrogens with zero attached hydrogens (tertiary/aromatic N) is 2. The fourth-order valence-electron chi connectivity index (χ4n) is 1.83. The van der Waals surface area contributed by atoms with E-state index < -0.39 is 0 Å². The van der Waals surface area contributed by atoms with E-state index in [0.29, 0.717) is 0 Å². The third kappa shape index (κ3) is 2.88. The SMILES string of the molecule is CCN1C/C(=C\c2ccc(N(C)C)cc2)SC1=O. The smallest absolute Gasteiger partial charge is 0.286 e. The van der Waals surface area contributed by atoms with Crippen molar-refractivity contribution >= 4 is 28.8 Å². The molecule has 0 aliphatic carbocycles. The maximum absolute atomic E-state index is 11.6. The second kappa shape index (κ2) is 5.48. The Balaban J connectivity index is 2.12. The first-order valence-corrected chi connectivity index (χ1v) is 6.86. The van der Waals surface area contributed by atoms with Gasteiger partial charge in [0.1, 0.15) is 0 Å². The predicted molar refractivity (Wildman–Crippen MR) is 79.0 cm³/mol. The fraction of sp³-hybridized carbons (Fsp3) is 0.357. The second-order valence-corrected chi connectivity index (χ2v) is 5.56. The van der Waals surface area contributed by atoms with Gasteiger partial charge in [-0.15, -0.1) is 0 Å².